The quantitative estimate of drug-likeness (QED) is 0.591. The molecule has 8 nitrogen and oxygen atoms in total. The molecule has 5 rings (SSSR count). The minimum Gasteiger partial charge on any atom is -0.378 e. The number of ether oxygens (including phenoxy) is 1. The number of nitrogens with zero attached hydrogens (tertiary/aromatic N) is 4. The Morgan fingerprint density at radius 3 is 2.91 bits per heavy atom. The molecular formula is C24H30N6O2. The lowest BCUT2D eigenvalue weighted by Crippen LogP contribution is -2.37. The smallest absolute Gasteiger partial charge is 0.152 e. The number of anilines is 3. The van der Waals surface area contributed by atoms with E-state index in [9.17, 15) is 4.79 Å². The third-order valence-corrected chi connectivity index (χ3v) is 6.40. The van der Waals surface area contributed by atoms with E-state index in [-0.39, 0.29) is 5.78 Å². The molecule has 32 heavy (non-hydrogen) atoms. The standard InChI is InChI=1S/C24H30N6O2/c31-19(15-26-21-5-1-2-6-22(21)29-10-12-32-13-11-29)14-18-4-3-9-30(16-18)24-20-7-8-25-23(20)27-17-28-24/h1-2,5-8,17-18,26H,3-4,9-16H2,(H,25,27,28)/t18-/m0/s1. The Morgan fingerprint density at radius 1 is 1.12 bits per heavy atom. The number of morpholine rings is 1. The second-order valence-corrected chi connectivity index (χ2v) is 8.60. The summed E-state index contributed by atoms with van der Waals surface area (Å²) in [7, 11) is 0. The topological polar surface area (TPSA) is 86.4 Å². The molecule has 0 amide bonds. The number of ketones is 1. The van der Waals surface area contributed by atoms with Crippen molar-refractivity contribution < 1.29 is 9.53 Å². The molecule has 2 aromatic heterocycles. The van der Waals surface area contributed by atoms with Crippen LogP contribution in [0.1, 0.15) is 19.3 Å². The molecule has 1 aromatic carbocycles. The number of piperidine rings is 1. The summed E-state index contributed by atoms with van der Waals surface area (Å²) in [5.41, 5.74) is 3.02. The monoisotopic (exact) mass is 434 g/mol. The largest absolute Gasteiger partial charge is 0.378 e. The molecule has 0 aliphatic carbocycles. The summed E-state index contributed by atoms with van der Waals surface area (Å²) in [5.74, 6) is 1.56. The summed E-state index contributed by atoms with van der Waals surface area (Å²) in [5, 5.41) is 4.44. The highest BCUT2D eigenvalue weighted by atomic mass is 16.5. The predicted octanol–water partition coefficient (Wildman–Crippen LogP) is 3.08. The SMILES string of the molecule is O=C(CNc1ccccc1N1CCOCC1)C[C@@H]1CCCN(c2ncnc3[nH]ccc23)C1. The number of aromatic amines is 1. The normalized spacial score (nSPS) is 19.3. The van der Waals surface area contributed by atoms with Crippen LogP contribution in [0.4, 0.5) is 17.2 Å². The van der Waals surface area contributed by atoms with Gasteiger partial charge in [0, 0.05) is 38.8 Å². The average molecular weight is 435 g/mol. The number of H-pyrrole nitrogens is 1. The molecule has 0 unspecified atom stereocenters. The third kappa shape index (κ3) is 4.55. The maximum atomic E-state index is 12.8. The highest BCUT2D eigenvalue weighted by molar-refractivity contribution is 5.87. The van der Waals surface area contributed by atoms with E-state index in [2.05, 4.69) is 42.2 Å². The number of rotatable bonds is 7. The van der Waals surface area contributed by atoms with E-state index in [1.807, 2.05) is 24.4 Å². The predicted molar refractivity (Wildman–Crippen MR) is 126 cm³/mol. The number of nitrogens with one attached hydrogen (secondary N) is 2. The Balaban J connectivity index is 1.18. The van der Waals surface area contributed by atoms with Crippen LogP contribution in [0.3, 0.4) is 0 Å². The molecule has 2 aliphatic rings. The second kappa shape index (κ2) is 9.56. The molecule has 0 saturated carbocycles. The number of para-hydroxylation sites is 2. The van der Waals surface area contributed by atoms with Gasteiger partial charge in [0.1, 0.15) is 17.8 Å². The Hall–Kier alpha value is -3.13. The van der Waals surface area contributed by atoms with Gasteiger partial charge < -0.3 is 24.8 Å². The summed E-state index contributed by atoms with van der Waals surface area (Å²) in [6.07, 6.45) is 6.24. The first-order valence-corrected chi connectivity index (χ1v) is 11.5. The number of carbonyl (C=O) groups is 1. The van der Waals surface area contributed by atoms with Gasteiger partial charge in [0.25, 0.3) is 0 Å². The van der Waals surface area contributed by atoms with Gasteiger partial charge in [-0.25, -0.2) is 9.97 Å². The molecule has 4 heterocycles. The van der Waals surface area contributed by atoms with E-state index < -0.39 is 0 Å². The van der Waals surface area contributed by atoms with Gasteiger partial charge in [0.2, 0.25) is 0 Å². The zero-order valence-corrected chi connectivity index (χ0v) is 18.3. The van der Waals surface area contributed by atoms with Crippen LogP contribution >= 0.6 is 0 Å². The van der Waals surface area contributed by atoms with E-state index >= 15 is 0 Å². The fourth-order valence-corrected chi connectivity index (χ4v) is 4.83. The highest BCUT2D eigenvalue weighted by Gasteiger charge is 2.24. The lowest BCUT2D eigenvalue weighted by Gasteiger charge is -2.33. The molecule has 0 bridgehead atoms. The Labute approximate surface area is 188 Å². The average Bonchev–Trinajstić information content (AvgIpc) is 3.33. The first-order valence-electron chi connectivity index (χ1n) is 11.5. The maximum Gasteiger partial charge on any atom is 0.152 e. The van der Waals surface area contributed by atoms with Crippen molar-refractivity contribution in [3.63, 3.8) is 0 Å². The maximum absolute atomic E-state index is 12.8. The number of Topliss-reactive ketones (excluding diaryl/α,β-unsaturated/α-hetero) is 1. The van der Waals surface area contributed by atoms with E-state index in [1.165, 1.54) is 0 Å². The van der Waals surface area contributed by atoms with Crippen molar-refractivity contribution in [3.05, 3.63) is 42.9 Å². The van der Waals surface area contributed by atoms with Crippen LogP contribution in [0.15, 0.2) is 42.9 Å². The van der Waals surface area contributed by atoms with Gasteiger partial charge >= 0.3 is 0 Å². The van der Waals surface area contributed by atoms with E-state index in [0.29, 0.717) is 18.9 Å². The molecule has 3 aromatic rings. The molecule has 0 spiro atoms. The zero-order chi connectivity index (χ0) is 21.8. The van der Waals surface area contributed by atoms with E-state index in [4.69, 9.17) is 4.74 Å². The van der Waals surface area contributed by atoms with Crippen LogP contribution < -0.4 is 15.1 Å². The fraction of sp³-hybridized carbons (Fsp3) is 0.458. The molecule has 2 aliphatic heterocycles. The number of aromatic nitrogens is 3. The van der Waals surface area contributed by atoms with Crippen molar-refractivity contribution in [3.8, 4) is 0 Å². The number of benzene rings is 1. The molecule has 2 saturated heterocycles. The van der Waals surface area contributed by atoms with Crippen LogP contribution in [0.2, 0.25) is 0 Å². The zero-order valence-electron chi connectivity index (χ0n) is 18.3. The minimum absolute atomic E-state index is 0.253. The number of hydrogen-bond acceptors (Lipinski definition) is 7. The van der Waals surface area contributed by atoms with Crippen molar-refractivity contribution in [2.24, 2.45) is 5.92 Å². The molecule has 168 valence electrons. The number of fused-ring (bicyclic) bond motifs is 1. The van der Waals surface area contributed by atoms with Crippen molar-refractivity contribution in [1.29, 1.82) is 0 Å². The van der Waals surface area contributed by atoms with Gasteiger partial charge in [-0.1, -0.05) is 12.1 Å². The summed E-state index contributed by atoms with van der Waals surface area (Å²) in [4.78, 5) is 29.4. The van der Waals surface area contributed by atoms with Gasteiger partial charge in [0.05, 0.1) is 36.5 Å². The minimum atomic E-state index is 0.253. The van der Waals surface area contributed by atoms with Gasteiger partial charge in [0.15, 0.2) is 5.78 Å². The van der Waals surface area contributed by atoms with Gasteiger partial charge in [-0.3, -0.25) is 4.79 Å². The Morgan fingerprint density at radius 2 is 2.00 bits per heavy atom. The molecule has 2 N–H and O–H groups in total. The van der Waals surface area contributed by atoms with E-state index in [1.54, 1.807) is 6.33 Å². The lowest BCUT2D eigenvalue weighted by atomic mass is 9.92. The summed E-state index contributed by atoms with van der Waals surface area (Å²) < 4.78 is 5.47. The first kappa shape index (κ1) is 20.8. The van der Waals surface area contributed by atoms with Crippen LogP contribution in [-0.2, 0) is 9.53 Å². The van der Waals surface area contributed by atoms with Gasteiger partial charge in [-0.05, 0) is 37.0 Å². The third-order valence-electron chi connectivity index (χ3n) is 6.40. The van der Waals surface area contributed by atoms with Crippen molar-refractivity contribution in [1.82, 2.24) is 15.0 Å². The van der Waals surface area contributed by atoms with Crippen molar-refractivity contribution in [2.45, 2.75) is 19.3 Å². The van der Waals surface area contributed by atoms with E-state index in [0.717, 1.165) is 80.5 Å². The lowest BCUT2D eigenvalue weighted by molar-refractivity contribution is -0.118. The number of carbonyl (C=O) groups excluding carboxylic acids is 1. The highest BCUT2D eigenvalue weighted by Crippen LogP contribution is 2.29. The van der Waals surface area contributed by atoms with Crippen LogP contribution in [0, 0.1) is 5.92 Å². The second-order valence-electron chi connectivity index (χ2n) is 8.60. The molecule has 0 radical (unpaired) electrons. The van der Waals surface area contributed by atoms with Crippen LogP contribution in [0.5, 0.6) is 0 Å². The summed E-state index contributed by atoms with van der Waals surface area (Å²) in [6, 6.07) is 10.2. The molecule has 1 atom stereocenters. The van der Waals surface area contributed by atoms with Gasteiger partial charge in [-0.15, -0.1) is 0 Å². The number of hydrogen-bond donors (Lipinski definition) is 2. The van der Waals surface area contributed by atoms with Gasteiger partial charge in [-0.2, -0.15) is 0 Å². The summed E-state index contributed by atoms with van der Waals surface area (Å²) in [6.45, 7) is 5.41. The van der Waals surface area contributed by atoms with Crippen molar-refractivity contribution in [2.75, 3.05) is 61.1 Å². The molecular weight excluding hydrogens is 404 g/mol. The fourth-order valence-electron chi connectivity index (χ4n) is 4.83. The van der Waals surface area contributed by atoms with Crippen LogP contribution in [0.25, 0.3) is 11.0 Å². The van der Waals surface area contributed by atoms with Crippen molar-refractivity contribution >= 4 is 34.0 Å². The molecule has 2 fully saturated rings. The first-order chi connectivity index (χ1) is 15.8. The molecule has 8 heteroatoms. The Kier molecular flexibility index (Phi) is 6.20. The Bertz CT molecular complexity index is 1060. The van der Waals surface area contributed by atoms with Crippen LogP contribution in [-0.4, -0.2) is 66.7 Å². The summed E-state index contributed by atoms with van der Waals surface area (Å²) >= 11 is 0.